The SMILES string of the molecule is CCc1cc(C)ncc1-c1cc(C(=O)N2CCN(c3ncc(F)cc3OC)CC2)cc2cc(C3=CCCNC3)[nH]c12. The van der Waals surface area contributed by atoms with Crippen LogP contribution in [0.25, 0.3) is 27.6 Å². The van der Waals surface area contributed by atoms with Crippen molar-refractivity contribution < 1.29 is 13.9 Å². The van der Waals surface area contributed by atoms with Gasteiger partial charge in [-0.2, -0.15) is 0 Å². The van der Waals surface area contributed by atoms with Crippen molar-refractivity contribution in [2.75, 3.05) is 51.3 Å². The van der Waals surface area contributed by atoms with Gasteiger partial charge in [0, 0.05) is 78.5 Å². The predicted octanol–water partition coefficient (Wildman–Crippen LogP) is 4.98. The molecule has 8 nitrogen and oxygen atoms in total. The van der Waals surface area contributed by atoms with Crippen LogP contribution in [-0.2, 0) is 6.42 Å². The number of anilines is 1. The number of halogens is 1. The fourth-order valence-corrected chi connectivity index (χ4v) is 5.86. The number of aromatic nitrogens is 3. The Kier molecular flexibility index (Phi) is 7.45. The maximum atomic E-state index is 13.9. The number of methoxy groups -OCH3 is 1. The summed E-state index contributed by atoms with van der Waals surface area (Å²) in [6, 6.07) is 9.64. The Labute approximate surface area is 239 Å². The molecule has 41 heavy (non-hydrogen) atoms. The third-order valence-corrected chi connectivity index (χ3v) is 8.03. The van der Waals surface area contributed by atoms with E-state index in [1.165, 1.54) is 30.5 Å². The summed E-state index contributed by atoms with van der Waals surface area (Å²) in [6.07, 6.45) is 7.27. The first-order valence-corrected chi connectivity index (χ1v) is 14.2. The highest BCUT2D eigenvalue weighted by atomic mass is 19.1. The number of ether oxygens (including phenoxy) is 1. The second-order valence-corrected chi connectivity index (χ2v) is 10.7. The second-order valence-electron chi connectivity index (χ2n) is 10.7. The average Bonchev–Trinajstić information content (AvgIpc) is 3.45. The predicted molar refractivity (Wildman–Crippen MR) is 160 cm³/mol. The molecular formula is C32H35FN6O2. The van der Waals surface area contributed by atoms with E-state index in [0.29, 0.717) is 43.3 Å². The number of fused-ring (bicyclic) bond motifs is 1. The lowest BCUT2D eigenvalue weighted by Crippen LogP contribution is -2.49. The van der Waals surface area contributed by atoms with Gasteiger partial charge in [0.15, 0.2) is 11.6 Å². The molecule has 1 fully saturated rings. The molecule has 2 aliphatic heterocycles. The summed E-state index contributed by atoms with van der Waals surface area (Å²) in [5.41, 5.74) is 8.20. The molecule has 6 rings (SSSR count). The highest BCUT2D eigenvalue weighted by Crippen LogP contribution is 2.35. The van der Waals surface area contributed by atoms with E-state index in [1.54, 1.807) is 0 Å². The van der Waals surface area contributed by atoms with Gasteiger partial charge < -0.3 is 24.8 Å². The molecule has 1 aromatic carbocycles. The monoisotopic (exact) mass is 554 g/mol. The van der Waals surface area contributed by atoms with Gasteiger partial charge in [0.2, 0.25) is 0 Å². The van der Waals surface area contributed by atoms with Crippen molar-refractivity contribution in [3.63, 3.8) is 0 Å². The Morgan fingerprint density at radius 1 is 1.05 bits per heavy atom. The van der Waals surface area contributed by atoms with E-state index in [0.717, 1.165) is 59.3 Å². The minimum atomic E-state index is -0.440. The molecule has 2 aliphatic rings. The van der Waals surface area contributed by atoms with Crippen LogP contribution in [0.2, 0.25) is 0 Å². The first kappa shape index (κ1) is 27.0. The Balaban J connectivity index is 1.34. The van der Waals surface area contributed by atoms with Gasteiger partial charge in [-0.05, 0) is 61.7 Å². The summed E-state index contributed by atoms with van der Waals surface area (Å²) in [5, 5.41) is 4.46. The molecule has 1 amide bonds. The summed E-state index contributed by atoms with van der Waals surface area (Å²) in [4.78, 5) is 30.4. The van der Waals surface area contributed by atoms with Crippen molar-refractivity contribution in [2.45, 2.75) is 26.7 Å². The molecule has 3 aromatic heterocycles. The van der Waals surface area contributed by atoms with Crippen molar-refractivity contribution in [3.8, 4) is 16.9 Å². The van der Waals surface area contributed by atoms with Crippen molar-refractivity contribution >= 4 is 28.2 Å². The molecule has 0 unspecified atom stereocenters. The van der Waals surface area contributed by atoms with Gasteiger partial charge in [-0.1, -0.05) is 13.0 Å². The van der Waals surface area contributed by atoms with Crippen molar-refractivity contribution in [2.24, 2.45) is 0 Å². The number of nitrogens with zero attached hydrogens (tertiary/aromatic N) is 4. The van der Waals surface area contributed by atoms with Crippen LogP contribution in [0, 0.1) is 12.7 Å². The molecule has 1 saturated heterocycles. The standard InChI is InChI=1S/C32H35FN6O2/c1-4-21-12-20(2)35-19-27(21)26-14-24(13-23-15-28(37-30(23)26)22-6-5-7-34-17-22)32(40)39-10-8-38(9-11-39)31-29(41-3)16-25(33)18-36-31/h6,12-16,18-19,34,37H,4-5,7-11,17H2,1-3H3. The largest absolute Gasteiger partial charge is 0.493 e. The maximum absolute atomic E-state index is 13.9. The fourth-order valence-electron chi connectivity index (χ4n) is 5.86. The number of pyridine rings is 2. The highest BCUT2D eigenvalue weighted by Gasteiger charge is 2.26. The van der Waals surface area contributed by atoms with Crippen LogP contribution in [-0.4, -0.2) is 72.1 Å². The number of aryl methyl sites for hydroxylation is 2. The lowest BCUT2D eigenvalue weighted by molar-refractivity contribution is 0.0746. The average molecular weight is 555 g/mol. The van der Waals surface area contributed by atoms with E-state index in [1.807, 2.05) is 35.1 Å². The molecular weight excluding hydrogens is 519 g/mol. The van der Waals surface area contributed by atoms with Crippen molar-refractivity contribution in [1.82, 2.24) is 25.2 Å². The lowest BCUT2D eigenvalue weighted by atomic mass is 9.95. The zero-order chi connectivity index (χ0) is 28.5. The number of aromatic amines is 1. The third-order valence-electron chi connectivity index (χ3n) is 8.03. The molecule has 5 heterocycles. The molecule has 212 valence electrons. The number of piperazine rings is 1. The summed E-state index contributed by atoms with van der Waals surface area (Å²) in [6.45, 7) is 8.16. The van der Waals surface area contributed by atoms with Crippen LogP contribution in [0.1, 0.15) is 40.7 Å². The normalized spacial score (nSPS) is 15.8. The molecule has 0 atom stereocenters. The quantitative estimate of drug-likeness (QED) is 0.350. The van der Waals surface area contributed by atoms with Crippen LogP contribution in [0.4, 0.5) is 10.2 Å². The number of hydrogen-bond donors (Lipinski definition) is 2. The van der Waals surface area contributed by atoms with Gasteiger partial charge in [-0.3, -0.25) is 9.78 Å². The van der Waals surface area contributed by atoms with E-state index in [2.05, 4.69) is 45.4 Å². The van der Waals surface area contributed by atoms with Crippen molar-refractivity contribution in [3.05, 3.63) is 77.1 Å². The molecule has 2 N–H and O–H groups in total. The van der Waals surface area contributed by atoms with Crippen LogP contribution in [0.15, 0.2) is 48.8 Å². The summed E-state index contributed by atoms with van der Waals surface area (Å²) in [5.74, 6) is 0.538. The van der Waals surface area contributed by atoms with Gasteiger partial charge in [-0.15, -0.1) is 0 Å². The topological polar surface area (TPSA) is 86.4 Å². The Bertz CT molecular complexity index is 1640. The molecule has 0 bridgehead atoms. The Morgan fingerprint density at radius 2 is 1.88 bits per heavy atom. The van der Waals surface area contributed by atoms with Gasteiger partial charge in [0.1, 0.15) is 5.82 Å². The zero-order valence-corrected chi connectivity index (χ0v) is 23.8. The molecule has 0 spiro atoms. The van der Waals surface area contributed by atoms with E-state index < -0.39 is 5.82 Å². The van der Waals surface area contributed by atoms with Crippen LogP contribution in [0.5, 0.6) is 5.75 Å². The van der Waals surface area contributed by atoms with E-state index >= 15 is 0 Å². The molecule has 0 aliphatic carbocycles. The highest BCUT2D eigenvalue weighted by molar-refractivity contribution is 6.05. The number of benzene rings is 1. The summed E-state index contributed by atoms with van der Waals surface area (Å²) in [7, 11) is 1.51. The van der Waals surface area contributed by atoms with E-state index in [4.69, 9.17) is 4.74 Å². The maximum Gasteiger partial charge on any atom is 0.254 e. The fraction of sp³-hybridized carbons (Fsp3) is 0.344. The van der Waals surface area contributed by atoms with E-state index in [-0.39, 0.29) is 5.91 Å². The van der Waals surface area contributed by atoms with Crippen LogP contribution in [0.3, 0.4) is 0 Å². The van der Waals surface area contributed by atoms with Crippen molar-refractivity contribution in [1.29, 1.82) is 0 Å². The molecule has 9 heteroatoms. The first-order chi connectivity index (χ1) is 19.9. The minimum absolute atomic E-state index is 0.00810. The number of rotatable bonds is 6. The van der Waals surface area contributed by atoms with Crippen LogP contribution >= 0.6 is 0 Å². The number of nitrogens with one attached hydrogen (secondary N) is 2. The van der Waals surface area contributed by atoms with Gasteiger partial charge in [0.25, 0.3) is 5.91 Å². The number of carbonyl (C=O) groups excluding carboxylic acids is 1. The van der Waals surface area contributed by atoms with Gasteiger partial charge in [-0.25, -0.2) is 9.37 Å². The molecule has 0 saturated carbocycles. The Hall–Kier alpha value is -4.24. The van der Waals surface area contributed by atoms with E-state index in [9.17, 15) is 9.18 Å². The number of carbonyl (C=O) groups is 1. The Morgan fingerprint density at radius 3 is 2.61 bits per heavy atom. The summed E-state index contributed by atoms with van der Waals surface area (Å²) < 4.78 is 19.0. The smallest absolute Gasteiger partial charge is 0.254 e. The first-order valence-electron chi connectivity index (χ1n) is 14.2. The number of amides is 1. The molecule has 0 radical (unpaired) electrons. The summed E-state index contributed by atoms with van der Waals surface area (Å²) >= 11 is 0. The minimum Gasteiger partial charge on any atom is -0.493 e. The number of H-pyrrole nitrogens is 1. The number of hydrogen-bond acceptors (Lipinski definition) is 6. The second kappa shape index (κ2) is 11.3. The van der Waals surface area contributed by atoms with Gasteiger partial charge in [0.05, 0.1) is 18.8 Å². The zero-order valence-electron chi connectivity index (χ0n) is 23.8. The van der Waals surface area contributed by atoms with Crippen LogP contribution < -0.4 is 15.0 Å². The molecule has 4 aromatic rings. The lowest BCUT2D eigenvalue weighted by Gasteiger charge is -2.36. The third kappa shape index (κ3) is 5.29. The van der Waals surface area contributed by atoms with Gasteiger partial charge >= 0.3 is 0 Å².